The molecule has 124 valence electrons. The standard InChI is InChI=1S/C15H28BrNO4/c1-14(2,3)20-12(18)10-17(9-7-8-16)11-13(19)21-15(4,5)6/h7-11H2,1-6H3. The van der Waals surface area contributed by atoms with Crippen molar-refractivity contribution in [1.29, 1.82) is 0 Å². The summed E-state index contributed by atoms with van der Waals surface area (Å²) < 4.78 is 10.6. The maximum Gasteiger partial charge on any atom is 0.320 e. The highest BCUT2D eigenvalue weighted by molar-refractivity contribution is 9.09. The smallest absolute Gasteiger partial charge is 0.320 e. The lowest BCUT2D eigenvalue weighted by molar-refractivity contribution is -0.159. The number of hydrogen-bond donors (Lipinski definition) is 0. The maximum absolute atomic E-state index is 11.9. The molecule has 0 aromatic heterocycles. The van der Waals surface area contributed by atoms with Gasteiger partial charge in [0.25, 0.3) is 0 Å². The summed E-state index contributed by atoms with van der Waals surface area (Å²) in [5, 5.41) is 0.812. The average molecular weight is 366 g/mol. The number of hydrogen-bond acceptors (Lipinski definition) is 5. The topological polar surface area (TPSA) is 55.8 Å². The first-order valence-electron chi connectivity index (χ1n) is 7.15. The lowest BCUT2D eigenvalue weighted by Gasteiger charge is -2.26. The van der Waals surface area contributed by atoms with E-state index >= 15 is 0 Å². The Bertz CT molecular complexity index is 315. The van der Waals surface area contributed by atoms with Gasteiger partial charge < -0.3 is 9.47 Å². The van der Waals surface area contributed by atoms with Crippen LogP contribution in [0.25, 0.3) is 0 Å². The van der Waals surface area contributed by atoms with Crippen molar-refractivity contribution < 1.29 is 19.1 Å². The predicted octanol–water partition coefficient (Wildman–Crippen LogP) is 2.76. The number of ether oxygens (including phenoxy) is 2. The van der Waals surface area contributed by atoms with Crippen LogP contribution in [0.4, 0.5) is 0 Å². The zero-order chi connectivity index (χ0) is 16.7. The van der Waals surface area contributed by atoms with Gasteiger partial charge in [0.2, 0.25) is 0 Å². The van der Waals surface area contributed by atoms with Crippen LogP contribution in [-0.2, 0) is 19.1 Å². The molecule has 0 N–H and O–H groups in total. The first kappa shape index (κ1) is 20.4. The third-order valence-corrected chi connectivity index (χ3v) is 2.71. The van der Waals surface area contributed by atoms with Crippen molar-refractivity contribution >= 4 is 27.9 Å². The van der Waals surface area contributed by atoms with Crippen molar-refractivity contribution in [2.45, 2.75) is 59.2 Å². The fourth-order valence-electron chi connectivity index (χ4n) is 1.61. The Morgan fingerprint density at radius 1 is 0.905 bits per heavy atom. The van der Waals surface area contributed by atoms with Gasteiger partial charge in [0, 0.05) is 11.9 Å². The Hall–Kier alpha value is -0.620. The molecule has 5 nitrogen and oxygen atoms in total. The number of alkyl halides is 1. The van der Waals surface area contributed by atoms with Crippen molar-refractivity contribution in [1.82, 2.24) is 4.90 Å². The second kappa shape index (κ2) is 8.73. The van der Waals surface area contributed by atoms with Crippen molar-refractivity contribution in [3.8, 4) is 0 Å². The van der Waals surface area contributed by atoms with Crippen LogP contribution in [0.5, 0.6) is 0 Å². The van der Waals surface area contributed by atoms with Crippen molar-refractivity contribution in [2.24, 2.45) is 0 Å². The van der Waals surface area contributed by atoms with E-state index in [4.69, 9.17) is 9.47 Å². The van der Waals surface area contributed by atoms with Crippen LogP contribution < -0.4 is 0 Å². The number of carbonyl (C=O) groups excluding carboxylic acids is 2. The van der Waals surface area contributed by atoms with Crippen LogP contribution in [0, 0.1) is 0 Å². The largest absolute Gasteiger partial charge is 0.459 e. The minimum Gasteiger partial charge on any atom is -0.459 e. The van der Waals surface area contributed by atoms with Crippen LogP contribution in [0.3, 0.4) is 0 Å². The molecule has 21 heavy (non-hydrogen) atoms. The average Bonchev–Trinajstić information content (AvgIpc) is 2.20. The molecule has 0 aromatic carbocycles. The maximum atomic E-state index is 11.9. The number of esters is 2. The van der Waals surface area contributed by atoms with Gasteiger partial charge >= 0.3 is 11.9 Å². The van der Waals surface area contributed by atoms with E-state index in [0.29, 0.717) is 6.54 Å². The summed E-state index contributed by atoms with van der Waals surface area (Å²) in [5.41, 5.74) is -1.05. The van der Waals surface area contributed by atoms with E-state index in [-0.39, 0.29) is 25.0 Å². The summed E-state index contributed by atoms with van der Waals surface area (Å²) in [6.07, 6.45) is 0.839. The molecular formula is C15H28BrNO4. The van der Waals surface area contributed by atoms with Gasteiger partial charge in [-0.2, -0.15) is 0 Å². The predicted molar refractivity (Wildman–Crippen MR) is 86.5 cm³/mol. The minimum atomic E-state index is -0.524. The molecule has 0 radical (unpaired) electrons. The van der Waals surface area contributed by atoms with Crippen LogP contribution in [0.15, 0.2) is 0 Å². The summed E-state index contributed by atoms with van der Waals surface area (Å²) in [6.45, 7) is 11.7. The first-order chi connectivity index (χ1) is 9.43. The summed E-state index contributed by atoms with van der Waals surface area (Å²) in [6, 6.07) is 0. The zero-order valence-corrected chi connectivity index (χ0v) is 15.6. The highest BCUT2D eigenvalue weighted by Gasteiger charge is 2.22. The molecule has 0 aliphatic carbocycles. The quantitative estimate of drug-likeness (QED) is 0.512. The fourth-order valence-corrected chi connectivity index (χ4v) is 1.86. The Balaban J connectivity index is 4.51. The SMILES string of the molecule is CC(C)(C)OC(=O)CN(CCCBr)CC(=O)OC(C)(C)C. The number of carbonyl (C=O) groups is 2. The molecule has 0 saturated carbocycles. The van der Waals surface area contributed by atoms with Gasteiger partial charge in [-0.15, -0.1) is 0 Å². The van der Waals surface area contributed by atoms with Gasteiger partial charge in [-0.1, -0.05) is 15.9 Å². The Morgan fingerprint density at radius 2 is 1.29 bits per heavy atom. The fraction of sp³-hybridized carbons (Fsp3) is 0.867. The first-order valence-corrected chi connectivity index (χ1v) is 8.27. The van der Waals surface area contributed by atoms with E-state index in [9.17, 15) is 9.59 Å². The molecule has 0 aliphatic rings. The molecule has 0 aromatic rings. The summed E-state index contributed by atoms with van der Waals surface area (Å²) in [7, 11) is 0. The molecule has 0 bridgehead atoms. The van der Waals surface area contributed by atoms with Gasteiger partial charge in [0.15, 0.2) is 0 Å². The van der Waals surface area contributed by atoms with E-state index in [1.807, 2.05) is 41.5 Å². The molecule has 0 atom stereocenters. The number of nitrogens with zero attached hydrogens (tertiary/aromatic N) is 1. The molecular weight excluding hydrogens is 338 g/mol. The normalized spacial score (nSPS) is 12.4. The molecule has 0 rings (SSSR count). The van der Waals surface area contributed by atoms with Crippen LogP contribution >= 0.6 is 15.9 Å². The third kappa shape index (κ3) is 12.8. The molecule has 0 amide bonds. The minimum absolute atomic E-state index is 0.0868. The van der Waals surface area contributed by atoms with Crippen molar-refractivity contribution in [3.05, 3.63) is 0 Å². The van der Waals surface area contributed by atoms with E-state index in [1.165, 1.54) is 0 Å². The van der Waals surface area contributed by atoms with Crippen molar-refractivity contribution in [2.75, 3.05) is 25.0 Å². The van der Waals surface area contributed by atoms with E-state index in [2.05, 4.69) is 15.9 Å². The molecule has 0 fully saturated rings. The molecule has 0 spiro atoms. The Kier molecular flexibility index (Phi) is 8.48. The number of rotatable bonds is 7. The van der Waals surface area contributed by atoms with E-state index < -0.39 is 11.2 Å². The lowest BCUT2D eigenvalue weighted by atomic mass is 10.2. The third-order valence-electron chi connectivity index (χ3n) is 2.15. The van der Waals surface area contributed by atoms with Crippen LogP contribution in [0.1, 0.15) is 48.0 Å². The second-order valence-electron chi connectivity index (χ2n) is 6.93. The molecule has 0 unspecified atom stereocenters. The lowest BCUT2D eigenvalue weighted by Crippen LogP contribution is -2.40. The summed E-state index contributed by atoms with van der Waals surface area (Å²) in [4.78, 5) is 25.5. The van der Waals surface area contributed by atoms with Crippen LogP contribution in [0.2, 0.25) is 0 Å². The van der Waals surface area contributed by atoms with Gasteiger partial charge in [-0.25, -0.2) is 0 Å². The molecule has 0 aliphatic heterocycles. The summed E-state index contributed by atoms with van der Waals surface area (Å²) in [5.74, 6) is -0.665. The second-order valence-corrected chi connectivity index (χ2v) is 7.72. The molecule has 0 saturated heterocycles. The van der Waals surface area contributed by atoms with Gasteiger partial charge in [-0.05, 0) is 48.0 Å². The molecule has 6 heteroatoms. The van der Waals surface area contributed by atoms with Gasteiger partial charge in [-0.3, -0.25) is 14.5 Å². The van der Waals surface area contributed by atoms with Crippen LogP contribution in [-0.4, -0.2) is 53.0 Å². The monoisotopic (exact) mass is 365 g/mol. The van der Waals surface area contributed by atoms with Crippen molar-refractivity contribution in [3.63, 3.8) is 0 Å². The highest BCUT2D eigenvalue weighted by atomic mass is 79.9. The van der Waals surface area contributed by atoms with Gasteiger partial charge in [0.1, 0.15) is 11.2 Å². The zero-order valence-electron chi connectivity index (χ0n) is 14.0. The van der Waals surface area contributed by atoms with Gasteiger partial charge in [0.05, 0.1) is 13.1 Å². The Labute approximate surface area is 136 Å². The van der Waals surface area contributed by atoms with E-state index in [1.54, 1.807) is 4.90 Å². The number of halogens is 1. The Morgan fingerprint density at radius 3 is 1.57 bits per heavy atom. The summed E-state index contributed by atoms with van der Waals surface area (Å²) >= 11 is 3.35. The molecule has 0 heterocycles. The van der Waals surface area contributed by atoms with E-state index in [0.717, 1.165) is 11.8 Å². The highest BCUT2D eigenvalue weighted by Crippen LogP contribution is 2.10.